The normalized spacial score (nSPS) is 12.7. The van der Waals surface area contributed by atoms with E-state index in [2.05, 4.69) is 351 Å². The zero-order valence-electron chi connectivity index (χ0n) is 61.8. The summed E-state index contributed by atoms with van der Waals surface area (Å²) in [4.78, 5) is 29.0. The fourth-order valence-electron chi connectivity index (χ4n) is 17.3. The molecule has 3 aliphatic rings. The van der Waals surface area contributed by atoms with Gasteiger partial charge in [0.25, 0.3) is 0 Å². The van der Waals surface area contributed by atoms with Gasteiger partial charge in [0.1, 0.15) is 0 Å². The molecule has 4 heterocycles. The molecule has 112 heavy (non-hydrogen) atoms. The number of rotatable bonds is 12. The minimum absolute atomic E-state index is 0.0374. The van der Waals surface area contributed by atoms with Gasteiger partial charge in [0.05, 0.1) is 28.2 Å². The van der Waals surface area contributed by atoms with E-state index in [1.807, 2.05) is 60.9 Å². The lowest BCUT2D eigenvalue weighted by molar-refractivity contribution is 0.660. The molecular formula is C106H72N6. The van der Waals surface area contributed by atoms with Crippen LogP contribution < -0.4 is 0 Å². The monoisotopic (exact) mass is 1430 g/mol. The highest BCUT2D eigenvalue weighted by atomic mass is 14.9. The number of benzene rings is 14. The molecule has 526 valence electrons. The van der Waals surface area contributed by atoms with Crippen LogP contribution in [-0.2, 0) is 10.8 Å². The van der Waals surface area contributed by atoms with Crippen molar-refractivity contribution in [2.75, 3.05) is 0 Å². The Labute approximate surface area is 652 Å². The summed E-state index contributed by atoms with van der Waals surface area (Å²) in [7, 11) is 0. The molecule has 0 bridgehead atoms. The summed E-state index contributed by atoms with van der Waals surface area (Å²) in [5.41, 5.74) is 39.1. The van der Waals surface area contributed by atoms with E-state index >= 15 is 0 Å². The van der Waals surface area contributed by atoms with Crippen LogP contribution in [0, 0.1) is 0 Å². The van der Waals surface area contributed by atoms with Crippen molar-refractivity contribution in [3.63, 3.8) is 0 Å². The Morgan fingerprint density at radius 2 is 0.455 bits per heavy atom. The number of fused-ring (bicyclic) bond motifs is 13. The Balaban J connectivity index is 0.000000148. The number of pyridine rings is 2. The third kappa shape index (κ3) is 11.9. The first-order valence-corrected chi connectivity index (χ1v) is 38.2. The lowest BCUT2D eigenvalue weighted by atomic mass is 9.70. The molecule has 3 aliphatic carbocycles. The molecule has 1 spiro atoms. The van der Waals surface area contributed by atoms with Gasteiger partial charge < -0.3 is 0 Å². The Kier molecular flexibility index (Phi) is 16.7. The quantitative estimate of drug-likeness (QED) is 0.121. The molecule has 0 amide bonds. The van der Waals surface area contributed by atoms with Gasteiger partial charge in [-0.3, -0.25) is 9.97 Å². The van der Waals surface area contributed by atoms with Crippen molar-refractivity contribution in [3.8, 4) is 168 Å². The second-order valence-electron chi connectivity index (χ2n) is 29.7. The van der Waals surface area contributed by atoms with Crippen LogP contribution in [0.2, 0.25) is 0 Å². The summed E-state index contributed by atoms with van der Waals surface area (Å²) < 4.78 is 0. The maximum absolute atomic E-state index is 5.16. The first kappa shape index (κ1) is 66.9. The molecule has 21 rings (SSSR count). The molecule has 6 nitrogen and oxygen atoms in total. The Morgan fingerprint density at radius 3 is 0.848 bits per heavy atom. The molecule has 0 saturated carbocycles. The molecule has 0 fully saturated rings. The second kappa shape index (κ2) is 28.0. The van der Waals surface area contributed by atoms with Crippen molar-refractivity contribution in [1.29, 1.82) is 0 Å². The number of hydrogen-bond acceptors (Lipinski definition) is 6. The zero-order chi connectivity index (χ0) is 74.7. The summed E-state index contributed by atoms with van der Waals surface area (Å²) >= 11 is 0. The van der Waals surface area contributed by atoms with Gasteiger partial charge >= 0.3 is 0 Å². The van der Waals surface area contributed by atoms with Crippen molar-refractivity contribution in [3.05, 3.63) is 434 Å². The molecule has 0 N–H and O–H groups in total. The van der Waals surface area contributed by atoms with Crippen molar-refractivity contribution < 1.29 is 0 Å². The number of nitrogens with zero attached hydrogens (tertiary/aromatic N) is 6. The first-order chi connectivity index (χ1) is 55.2. The van der Waals surface area contributed by atoms with E-state index in [4.69, 9.17) is 19.9 Å². The van der Waals surface area contributed by atoms with Gasteiger partial charge in [-0.25, -0.2) is 19.9 Å². The fourth-order valence-corrected chi connectivity index (χ4v) is 17.3. The highest BCUT2D eigenvalue weighted by Crippen LogP contribution is 2.63. The van der Waals surface area contributed by atoms with Crippen LogP contribution in [0.25, 0.3) is 168 Å². The third-order valence-electron chi connectivity index (χ3n) is 22.8. The highest BCUT2D eigenvalue weighted by Gasteiger charge is 2.51. The maximum Gasteiger partial charge on any atom is 0.160 e. The van der Waals surface area contributed by atoms with E-state index in [-0.39, 0.29) is 10.8 Å². The van der Waals surface area contributed by atoms with Crippen molar-refractivity contribution >= 4 is 0 Å². The summed E-state index contributed by atoms with van der Waals surface area (Å²) in [6.07, 6.45) is 7.38. The lowest BCUT2D eigenvalue weighted by Gasteiger charge is -2.30. The predicted molar refractivity (Wildman–Crippen MR) is 459 cm³/mol. The van der Waals surface area contributed by atoms with Crippen molar-refractivity contribution in [2.45, 2.75) is 24.7 Å². The lowest BCUT2D eigenvalue weighted by Crippen LogP contribution is -2.25. The molecule has 0 radical (unpaired) electrons. The minimum atomic E-state index is -0.378. The predicted octanol–water partition coefficient (Wildman–Crippen LogP) is 26.4. The summed E-state index contributed by atoms with van der Waals surface area (Å²) in [5, 5.41) is 0. The van der Waals surface area contributed by atoms with Crippen LogP contribution in [-0.4, -0.2) is 29.9 Å². The zero-order valence-corrected chi connectivity index (χ0v) is 61.8. The Bertz CT molecular complexity index is 6570. The topological polar surface area (TPSA) is 77.3 Å². The van der Waals surface area contributed by atoms with Gasteiger partial charge in [0.15, 0.2) is 11.6 Å². The van der Waals surface area contributed by atoms with Crippen LogP contribution in [0.3, 0.4) is 0 Å². The van der Waals surface area contributed by atoms with Gasteiger partial charge in [0.2, 0.25) is 0 Å². The summed E-state index contributed by atoms with van der Waals surface area (Å²) in [6.45, 7) is 4.67. The van der Waals surface area contributed by atoms with Gasteiger partial charge in [0, 0.05) is 63.6 Å². The molecule has 18 aromatic rings. The SMILES string of the molecule is CC1(C)c2ccccc2-c2ccc(-c3cccc(-c4cccc(-c5cc(-c6ccc(-c7cccnc7)cc6)nc(-c6ccccc6)n5)c4)c3)cc21.c1ccc(-c2nc(-c3ccc(-c4cccnc4)cc3)cc(-c3cccc(-c4cccc(-c5ccc6c(c5)C5(c7ccccc7-c7ccccc75)c5ccccc5-6)c4)c3)n2)cc1. The van der Waals surface area contributed by atoms with Crippen LogP contribution >= 0.6 is 0 Å². The number of hydrogen-bond donors (Lipinski definition) is 0. The van der Waals surface area contributed by atoms with E-state index < -0.39 is 0 Å². The molecule has 14 aromatic carbocycles. The third-order valence-corrected chi connectivity index (χ3v) is 22.8. The summed E-state index contributed by atoms with van der Waals surface area (Å²) in [6, 6.07) is 135. The van der Waals surface area contributed by atoms with E-state index in [0.29, 0.717) is 11.6 Å². The Morgan fingerprint density at radius 1 is 0.179 bits per heavy atom. The van der Waals surface area contributed by atoms with Gasteiger partial charge in [-0.1, -0.05) is 329 Å². The summed E-state index contributed by atoms with van der Waals surface area (Å²) in [5.74, 6) is 1.40. The van der Waals surface area contributed by atoms with Gasteiger partial charge in [-0.2, -0.15) is 0 Å². The second-order valence-corrected chi connectivity index (χ2v) is 29.7. The number of aromatic nitrogens is 6. The molecule has 6 heteroatoms. The molecule has 4 aromatic heterocycles. The van der Waals surface area contributed by atoms with Crippen LogP contribution in [0.15, 0.2) is 401 Å². The minimum Gasteiger partial charge on any atom is -0.264 e. The average molecular weight is 1430 g/mol. The van der Waals surface area contributed by atoms with Crippen molar-refractivity contribution in [1.82, 2.24) is 29.9 Å². The fraction of sp³-hybridized carbons (Fsp3) is 0.0377. The maximum atomic E-state index is 5.16. The van der Waals surface area contributed by atoms with Crippen LogP contribution in [0.1, 0.15) is 47.2 Å². The molecular weight excluding hydrogens is 1360 g/mol. The largest absolute Gasteiger partial charge is 0.264 e. The van der Waals surface area contributed by atoms with Crippen LogP contribution in [0.4, 0.5) is 0 Å². The van der Waals surface area contributed by atoms with Gasteiger partial charge in [-0.15, -0.1) is 0 Å². The smallest absolute Gasteiger partial charge is 0.160 e. The van der Waals surface area contributed by atoms with E-state index in [1.165, 1.54) is 94.6 Å². The van der Waals surface area contributed by atoms with E-state index in [1.54, 1.807) is 12.4 Å². The van der Waals surface area contributed by atoms with E-state index in [9.17, 15) is 0 Å². The highest BCUT2D eigenvalue weighted by molar-refractivity contribution is 5.97. The molecule has 0 saturated heterocycles. The average Bonchev–Trinajstić information content (AvgIpc) is 1.51. The molecule has 0 atom stereocenters. The van der Waals surface area contributed by atoms with Crippen LogP contribution in [0.5, 0.6) is 0 Å². The van der Waals surface area contributed by atoms with Crippen molar-refractivity contribution in [2.24, 2.45) is 0 Å². The molecule has 0 aliphatic heterocycles. The molecule has 0 unspecified atom stereocenters. The first-order valence-electron chi connectivity index (χ1n) is 38.2. The Hall–Kier alpha value is -14.5. The standard InChI is InChI=1S/C58H37N3.C48H35N3/c1-2-13-40(14-3-1)57-60-55(39-28-26-38(27-29-39)46-19-12-32-59-37-46)36-56(61-57)45-18-11-17-43(34-45)41-15-10-16-42(33-41)44-30-31-50-49-22-6-9-25-53(49)58(54(50)35-44)51-23-7-4-20-47(51)48-21-5-8-24-52(48)58;1-48(2)43-19-7-6-18-41(43)42-25-24-38(29-44(42)48)36-14-8-13-35(27-36)37-15-9-16-39(28-37)46-30-45(50-47(51-46)34-11-4-3-5-12-34)33-22-20-32(21-23-33)40-17-10-26-49-31-40/h1-37H;3-31H,1-2H3. The van der Waals surface area contributed by atoms with E-state index in [0.717, 1.165) is 95.1 Å². The van der Waals surface area contributed by atoms with Gasteiger partial charge in [-0.05, 0) is 194 Å².